The fourth-order valence-corrected chi connectivity index (χ4v) is 2.83. The first-order chi connectivity index (χ1) is 9.77. The van der Waals surface area contributed by atoms with Crippen molar-refractivity contribution < 1.29 is 9.13 Å². The van der Waals surface area contributed by atoms with Gasteiger partial charge in [-0.1, -0.05) is 30.6 Å². The van der Waals surface area contributed by atoms with Gasteiger partial charge in [-0.3, -0.25) is 5.84 Å². The van der Waals surface area contributed by atoms with Crippen LogP contribution in [0.25, 0.3) is 0 Å². The second-order valence-corrected chi connectivity index (χ2v) is 5.19. The van der Waals surface area contributed by atoms with Gasteiger partial charge in [-0.2, -0.15) is 0 Å². The Kier molecular flexibility index (Phi) is 5.56. The molecule has 0 saturated carbocycles. The average Bonchev–Trinajstić information content (AvgIpc) is 2.42. The third kappa shape index (κ3) is 3.38. The number of hydrogen-bond acceptors (Lipinski definition) is 3. The van der Waals surface area contributed by atoms with Crippen molar-refractivity contribution in [2.24, 2.45) is 5.84 Å². The number of halogens is 1. The van der Waals surface area contributed by atoms with Gasteiger partial charge >= 0.3 is 0 Å². The van der Waals surface area contributed by atoms with Crippen molar-refractivity contribution in [3.63, 3.8) is 0 Å². The van der Waals surface area contributed by atoms with E-state index in [2.05, 4.69) is 11.5 Å². The minimum atomic E-state index is -0.316. The summed E-state index contributed by atoms with van der Waals surface area (Å²) in [6.45, 7) is 0. The van der Waals surface area contributed by atoms with Crippen LogP contribution in [0.3, 0.4) is 0 Å². The van der Waals surface area contributed by atoms with E-state index in [-0.39, 0.29) is 11.9 Å². The lowest BCUT2D eigenvalue weighted by atomic mass is 9.90. The second kappa shape index (κ2) is 7.41. The van der Waals surface area contributed by atoms with Gasteiger partial charge in [0, 0.05) is 0 Å². The van der Waals surface area contributed by atoms with Gasteiger partial charge in [-0.05, 0) is 37.8 Å². The summed E-state index contributed by atoms with van der Waals surface area (Å²) in [5.74, 6) is 5.96. The van der Waals surface area contributed by atoms with Crippen molar-refractivity contribution in [1.29, 1.82) is 0 Å². The molecule has 1 aliphatic rings. The van der Waals surface area contributed by atoms with E-state index in [1.807, 2.05) is 0 Å². The summed E-state index contributed by atoms with van der Waals surface area (Å²) in [5.41, 5.74) is 4.43. The smallest absolute Gasteiger partial charge is 0.132 e. The summed E-state index contributed by atoms with van der Waals surface area (Å²) >= 11 is 0. The van der Waals surface area contributed by atoms with E-state index in [9.17, 15) is 4.39 Å². The lowest BCUT2D eigenvalue weighted by molar-refractivity contribution is 0.395. The van der Waals surface area contributed by atoms with Crippen LogP contribution in [-0.2, 0) is 0 Å². The van der Waals surface area contributed by atoms with Crippen molar-refractivity contribution >= 4 is 0 Å². The first kappa shape index (κ1) is 15.0. The molecule has 20 heavy (non-hydrogen) atoms. The molecule has 0 saturated heterocycles. The first-order valence-electron chi connectivity index (χ1n) is 7.25. The fourth-order valence-electron chi connectivity index (χ4n) is 2.83. The zero-order valence-electron chi connectivity index (χ0n) is 12.0. The van der Waals surface area contributed by atoms with E-state index < -0.39 is 0 Å². The van der Waals surface area contributed by atoms with Crippen LogP contribution in [0.4, 0.5) is 4.39 Å². The fraction of sp³-hybridized carbons (Fsp3) is 0.500. The first-order valence-corrected chi connectivity index (χ1v) is 7.25. The monoisotopic (exact) mass is 278 g/mol. The molecule has 0 spiro atoms. The molecule has 0 radical (unpaired) electrons. The quantitative estimate of drug-likeness (QED) is 0.502. The predicted octanol–water partition coefficient (Wildman–Crippen LogP) is 3.62. The molecule has 1 unspecified atom stereocenters. The third-order valence-corrected chi connectivity index (χ3v) is 3.89. The minimum absolute atomic E-state index is 0.282. The highest BCUT2D eigenvalue weighted by molar-refractivity contribution is 5.41. The summed E-state index contributed by atoms with van der Waals surface area (Å²) in [4.78, 5) is 0. The number of allylic oxidation sites excluding steroid dienone is 1. The molecule has 0 amide bonds. The highest BCUT2D eigenvalue weighted by atomic mass is 19.1. The predicted molar refractivity (Wildman–Crippen MR) is 78.8 cm³/mol. The SMILES string of the molecule is COc1cccc(F)c1C(NN)/C1=C/CCCCCC1. The average molecular weight is 278 g/mol. The van der Waals surface area contributed by atoms with Crippen LogP contribution in [0.15, 0.2) is 29.8 Å². The van der Waals surface area contributed by atoms with Crippen LogP contribution in [0.2, 0.25) is 0 Å². The van der Waals surface area contributed by atoms with E-state index in [0.717, 1.165) is 24.8 Å². The van der Waals surface area contributed by atoms with E-state index >= 15 is 0 Å². The number of nitrogens with two attached hydrogens (primary N) is 1. The molecule has 0 bridgehead atoms. The zero-order chi connectivity index (χ0) is 14.4. The third-order valence-electron chi connectivity index (χ3n) is 3.89. The Balaban J connectivity index is 2.36. The number of hydrogen-bond donors (Lipinski definition) is 2. The maximum absolute atomic E-state index is 14.2. The van der Waals surface area contributed by atoms with Gasteiger partial charge < -0.3 is 4.74 Å². The van der Waals surface area contributed by atoms with Gasteiger partial charge in [0.25, 0.3) is 0 Å². The van der Waals surface area contributed by atoms with E-state index in [1.165, 1.54) is 25.3 Å². The Bertz CT molecular complexity index is 474. The van der Waals surface area contributed by atoms with Gasteiger partial charge in [0.1, 0.15) is 11.6 Å². The van der Waals surface area contributed by atoms with Gasteiger partial charge in [-0.15, -0.1) is 0 Å². The molecule has 3 nitrogen and oxygen atoms in total. The molecule has 1 atom stereocenters. The number of ether oxygens (including phenoxy) is 1. The van der Waals surface area contributed by atoms with Crippen LogP contribution in [0, 0.1) is 5.82 Å². The Hall–Kier alpha value is -1.39. The maximum atomic E-state index is 14.2. The van der Waals surface area contributed by atoms with Crippen molar-refractivity contribution in [2.75, 3.05) is 7.11 Å². The highest BCUT2D eigenvalue weighted by Crippen LogP contribution is 2.35. The molecule has 3 N–H and O–H groups in total. The lowest BCUT2D eigenvalue weighted by Gasteiger charge is -2.24. The molecule has 110 valence electrons. The van der Waals surface area contributed by atoms with Crippen LogP contribution in [0.1, 0.15) is 50.1 Å². The molecule has 1 aromatic rings. The topological polar surface area (TPSA) is 47.3 Å². The summed E-state index contributed by atoms with van der Waals surface area (Å²) in [6.07, 6.45) is 9.00. The highest BCUT2D eigenvalue weighted by Gasteiger charge is 2.23. The lowest BCUT2D eigenvalue weighted by Crippen LogP contribution is -2.30. The molecule has 0 aliphatic heterocycles. The summed E-state index contributed by atoms with van der Waals surface area (Å²) in [5, 5.41) is 0. The minimum Gasteiger partial charge on any atom is -0.496 e. The largest absolute Gasteiger partial charge is 0.496 e. The Morgan fingerprint density at radius 3 is 2.80 bits per heavy atom. The number of hydrazine groups is 1. The summed E-state index contributed by atoms with van der Waals surface area (Å²) in [6, 6.07) is 4.56. The molecule has 2 rings (SSSR count). The Labute approximate surface area is 120 Å². The molecule has 1 aromatic carbocycles. The summed E-state index contributed by atoms with van der Waals surface area (Å²) < 4.78 is 19.5. The number of rotatable bonds is 4. The second-order valence-electron chi connectivity index (χ2n) is 5.19. The molecule has 0 heterocycles. The van der Waals surface area contributed by atoms with E-state index in [0.29, 0.717) is 11.3 Å². The molecule has 4 heteroatoms. The van der Waals surface area contributed by atoms with Crippen LogP contribution in [0.5, 0.6) is 5.75 Å². The molecule has 0 aromatic heterocycles. The van der Waals surface area contributed by atoms with E-state index in [1.54, 1.807) is 19.2 Å². The maximum Gasteiger partial charge on any atom is 0.132 e. The number of nitrogens with one attached hydrogen (secondary N) is 1. The van der Waals surface area contributed by atoms with Crippen molar-refractivity contribution in [1.82, 2.24) is 5.43 Å². The summed E-state index contributed by atoms with van der Waals surface area (Å²) in [7, 11) is 1.55. The van der Waals surface area contributed by atoms with Crippen molar-refractivity contribution in [3.8, 4) is 5.75 Å². The number of methoxy groups -OCH3 is 1. The van der Waals surface area contributed by atoms with Gasteiger partial charge in [0.2, 0.25) is 0 Å². The van der Waals surface area contributed by atoms with Crippen molar-refractivity contribution in [3.05, 3.63) is 41.2 Å². The van der Waals surface area contributed by atoms with Crippen LogP contribution in [-0.4, -0.2) is 7.11 Å². The molecule has 1 aliphatic carbocycles. The Morgan fingerprint density at radius 1 is 1.25 bits per heavy atom. The normalized spacial score (nSPS) is 20.4. The van der Waals surface area contributed by atoms with E-state index in [4.69, 9.17) is 10.6 Å². The molecular formula is C16H23FN2O. The van der Waals surface area contributed by atoms with Gasteiger partial charge in [0.05, 0.1) is 18.7 Å². The standard InChI is InChI=1S/C16H23FN2O/c1-20-14-11-7-10-13(17)15(14)16(19-18)12-8-5-3-2-4-6-9-12/h7-8,10-11,16,19H,2-6,9,18H2,1H3/b12-8+. The van der Waals surface area contributed by atoms with Gasteiger partial charge in [-0.25, -0.2) is 9.82 Å². The Morgan fingerprint density at radius 2 is 2.05 bits per heavy atom. The zero-order valence-corrected chi connectivity index (χ0v) is 12.0. The molecular weight excluding hydrogens is 255 g/mol. The van der Waals surface area contributed by atoms with Crippen molar-refractivity contribution in [2.45, 2.75) is 44.6 Å². The van der Waals surface area contributed by atoms with Crippen LogP contribution >= 0.6 is 0 Å². The molecule has 0 fully saturated rings. The van der Waals surface area contributed by atoms with Crippen LogP contribution < -0.4 is 16.0 Å². The number of benzene rings is 1. The van der Waals surface area contributed by atoms with Gasteiger partial charge in [0.15, 0.2) is 0 Å².